The molecule has 5 aromatic rings. The molecule has 7 heteroatoms. The van der Waals surface area contributed by atoms with Crippen LogP contribution in [0.3, 0.4) is 0 Å². The predicted molar refractivity (Wildman–Crippen MR) is 121 cm³/mol. The van der Waals surface area contributed by atoms with E-state index in [2.05, 4.69) is 24.9 Å². The quantitative estimate of drug-likeness (QED) is 0.394. The monoisotopic (exact) mass is 422 g/mol. The van der Waals surface area contributed by atoms with Crippen LogP contribution in [0, 0.1) is 26.6 Å². The van der Waals surface area contributed by atoms with Crippen LogP contribution in [0.15, 0.2) is 61.2 Å². The first-order chi connectivity index (χ1) is 15.5. The lowest BCUT2D eigenvalue weighted by molar-refractivity contribution is 0.629. The molecule has 1 aromatic carbocycles. The zero-order valence-corrected chi connectivity index (χ0v) is 17.8. The van der Waals surface area contributed by atoms with Gasteiger partial charge in [-0.1, -0.05) is 6.07 Å². The Morgan fingerprint density at radius 1 is 0.688 bits per heavy atom. The van der Waals surface area contributed by atoms with Crippen LogP contribution in [0.25, 0.3) is 44.9 Å². The van der Waals surface area contributed by atoms with Crippen molar-refractivity contribution in [1.29, 1.82) is 0 Å². The van der Waals surface area contributed by atoms with E-state index in [0.29, 0.717) is 33.8 Å². The standard InChI is InChI=1S/C25H19FN6/c1-14-4-5-20(21(26)10-14)22-23-25(30-16(3)15(2)29-23)32-24(31-22)19-11-18(12-28-13-19)17-6-8-27-9-7-17/h4-13H,1-3H3. The summed E-state index contributed by atoms with van der Waals surface area (Å²) < 4.78 is 14.9. The Morgan fingerprint density at radius 3 is 2.22 bits per heavy atom. The Balaban J connectivity index is 1.76. The Morgan fingerprint density at radius 2 is 1.44 bits per heavy atom. The molecule has 0 aliphatic rings. The summed E-state index contributed by atoms with van der Waals surface area (Å²) in [6.45, 7) is 5.59. The average molecular weight is 422 g/mol. The summed E-state index contributed by atoms with van der Waals surface area (Å²) in [7, 11) is 0. The van der Waals surface area contributed by atoms with Crippen LogP contribution >= 0.6 is 0 Å². The molecule has 156 valence electrons. The molecule has 0 aliphatic carbocycles. The highest BCUT2D eigenvalue weighted by molar-refractivity contribution is 5.89. The van der Waals surface area contributed by atoms with E-state index in [9.17, 15) is 4.39 Å². The van der Waals surface area contributed by atoms with Gasteiger partial charge < -0.3 is 0 Å². The Bertz CT molecular complexity index is 1470. The number of aromatic nitrogens is 6. The molecular weight excluding hydrogens is 403 g/mol. The van der Waals surface area contributed by atoms with Gasteiger partial charge in [-0.2, -0.15) is 0 Å². The summed E-state index contributed by atoms with van der Waals surface area (Å²) >= 11 is 0. The highest BCUT2D eigenvalue weighted by Gasteiger charge is 2.18. The van der Waals surface area contributed by atoms with Crippen molar-refractivity contribution in [3.05, 3.63) is 84.0 Å². The first kappa shape index (κ1) is 19.8. The van der Waals surface area contributed by atoms with Gasteiger partial charge >= 0.3 is 0 Å². The minimum absolute atomic E-state index is 0.361. The third kappa shape index (κ3) is 3.58. The van der Waals surface area contributed by atoms with Gasteiger partial charge in [-0.25, -0.2) is 24.3 Å². The Hall–Kier alpha value is -4.13. The molecule has 5 rings (SSSR count). The third-order valence-electron chi connectivity index (χ3n) is 5.33. The first-order valence-electron chi connectivity index (χ1n) is 10.1. The molecule has 32 heavy (non-hydrogen) atoms. The molecule has 6 nitrogen and oxygen atoms in total. The largest absolute Gasteiger partial charge is 0.265 e. The molecule has 0 saturated carbocycles. The van der Waals surface area contributed by atoms with Crippen LogP contribution in [0.1, 0.15) is 17.0 Å². The van der Waals surface area contributed by atoms with E-state index in [1.807, 2.05) is 45.0 Å². The van der Waals surface area contributed by atoms with Crippen molar-refractivity contribution < 1.29 is 4.39 Å². The number of benzene rings is 1. The molecule has 0 atom stereocenters. The van der Waals surface area contributed by atoms with Crippen LogP contribution < -0.4 is 0 Å². The van der Waals surface area contributed by atoms with E-state index >= 15 is 0 Å². The van der Waals surface area contributed by atoms with E-state index in [-0.39, 0.29) is 5.82 Å². The van der Waals surface area contributed by atoms with E-state index in [4.69, 9.17) is 4.98 Å². The number of hydrogen-bond acceptors (Lipinski definition) is 6. The molecule has 4 aromatic heterocycles. The van der Waals surface area contributed by atoms with Crippen molar-refractivity contribution in [2.75, 3.05) is 0 Å². The van der Waals surface area contributed by atoms with Crippen molar-refractivity contribution in [1.82, 2.24) is 29.9 Å². The summed E-state index contributed by atoms with van der Waals surface area (Å²) in [6.07, 6.45) is 6.92. The summed E-state index contributed by atoms with van der Waals surface area (Å²) in [5, 5.41) is 0. The van der Waals surface area contributed by atoms with Crippen molar-refractivity contribution in [2.24, 2.45) is 0 Å². The van der Waals surface area contributed by atoms with Gasteiger partial charge in [0.25, 0.3) is 0 Å². The number of halogens is 1. The van der Waals surface area contributed by atoms with Crippen LogP contribution in [0.5, 0.6) is 0 Å². The average Bonchev–Trinajstić information content (AvgIpc) is 2.80. The second-order valence-electron chi connectivity index (χ2n) is 7.64. The van der Waals surface area contributed by atoms with E-state index in [0.717, 1.165) is 28.1 Å². The number of nitrogens with zero attached hydrogens (tertiary/aromatic N) is 6. The summed E-state index contributed by atoms with van der Waals surface area (Å²) in [6, 6.07) is 10.8. The topological polar surface area (TPSA) is 77.3 Å². The highest BCUT2D eigenvalue weighted by atomic mass is 19.1. The van der Waals surface area contributed by atoms with Gasteiger partial charge in [-0.15, -0.1) is 0 Å². The maximum Gasteiger partial charge on any atom is 0.182 e. The number of rotatable bonds is 3. The molecule has 0 saturated heterocycles. The van der Waals surface area contributed by atoms with Crippen molar-refractivity contribution in [3.8, 4) is 33.8 Å². The minimum Gasteiger partial charge on any atom is -0.265 e. The van der Waals surface area contributed by atoms with Gasteiger partial charge in [-0.3, -0.25) is 9.97 Å². The molecular formula is C25H19FN6. The SMILES string of the molecule is Cc1ccc(-c2nc(-c3cncc(-c4ccncc4)c3)nc3nc(C)c(C)nc23)c(F)c1. The minimum atomic E-state index is -0.361. The molecule has 0 radical (unpaired) electrons. The second-order valence-corrected chi connectivity index (χ2v) is 7.64. The lowest BCUT2D eigenvalue weighted by Gasteiger charge is -2.11. The number of fused-ring (bicyclic) bond motifs is 1. The van der Waals surface area contributed by atoms with Crippen molar-refractivity contribution in [3.63, 3.8) is 0 Å². The van der Waals surface area contributed by atoms with Gasteiger partial charge in [0.2, 0.25) is 0 Å². The van der Waals surface area contributed by atoms with Gasteiger partial charge in [0, 0.05) is 41.5 Å². The predicted octanol–water partition coefficient (Wildman–Crippen LogP) is 5.28. The van der Waals surface area contributed by atoms with Crippen molar-refractivity contribution in [2.45, 2.75) is 20.8 Å². The van der Waals surface area contributed by atoms with Crippen LogP contribution in [-0.2, 0) is 0 Å². The van der Waals surface area contributed by atoms with Crippen LogP contribution in [0.4, 0.5) is 4.39 Å². The van der Waals surface area contributed by atoms with Crippen molar-refractivity contribution >= 4 is 11.2 Å². The maximum absolute atomic E-state index is 14.9. The fourth-order valence-corrected chi connectivity index (χ4v) is 3.51. The zero-order chi connectivity index (χ0) is 22.2. The molecule has 0 N–H and O–H groups in total. The molecule has 0 aliphatic heterocycles. The van der Waals surface area contributed by atoms with E-state index in [1.165, 1.54) is 6.07 Å². The lowest BCUT2D eigenvalue weighted by atomic mass is 10.1. The molecule has 0 bridgehead atoms. The second kappa shape index (κ2) is 7.85. The summed E-state index contributed by atoms with van der Waals surface area (Å²) in [5.41, 5.74) is 6.60. The summed E-state index contributed by atoms with van der Waals surface area (Å²) in [4.78, 5) is 27.1. The van der Waals surface area contributed by atoms with Gasteiger partial charge in [0.05, 0.1) is 11.4 Å². The highest BCUT2D eigenvalue weighted by Crippen LogP contribution is 2.31. The van der Waals surface area contributed by atoms with Gasteiger partial charge in [0.15, 0.2) is 11.5 Å². The third-order valence-corrected chi connectivity index (χ3v) is 5.33. The molecule has 0 unspecified atom stereocenters. The fraction of sp³-hybridized carbons (Fsp3) is 0.120. The first-order valence-corrected chi connectivity index (χ1v) is 10.1. The van der Waals surface area contributed by atoms with Crippen LogP contribution in [-0.4, -0.2) is 29.9 Å². The smallest absolute Gasteiger partial charge is 0.182 e. The Kier molecular flexibility index (Phi) is 4.86. The van der Waals surface area contributed by atoms with E-state index < -0.39 is 0 Å². The number of aryl methyl sites for hydroxylation is 3. The normalized spacial score (nSPS) is 11.1. The number of hydrogen-bond donors (Lipinski definition) is 0. The number of pyridine rings is 2. The van der Waals surface area contributed by atoms with Gasteiger partial charge in [0.1, 0.15) is 17.0 Å². The molecule has 0 spiro atoms. The molecule has 0 fully saturated rings. The van der Waals surface area contributed by atoms with E-state index in [1.54, 1.807) is 30.9 Å². The molecule has 0 amide bonds. The zero-order valence-electron chi connectivity index (χ0n) is 17.8. The lowest BCUT2D eigenvalue weighted by Crippen LogP contribution is -2.03. The Labute approximate surface area is 184 Å². The maximum atomic E-state index is 14.9. The fourth-order valence-electron chi connectivity index (χ4n) is 3.51. The van der Waals surface area contributed by atoms with Gasteiger partial charge in [-0.05, 0) is 62.2 Å². The molecule has 4 heterocycles. The van der Waals surface area contributed by atoms with Crippen LogP contribution in [0.2, 0.25) is 0 Å². The summed E-state index contributed by atoms with van der Waals surface area (Å²) in [5.74, 6) is 0.0491.